The number of hydrogen-bond donors (Lipinski definition) is 1. The normalized spacial score (nSPS) is 11.3. The van der Waals surface area contributed by atoms with Gasteiger partial charge in [0, 0.05) is 11.1 Å². The molecule has 0 saturated heterocycles. The summed E-state index contributed by atoms with van der Waals surface area (Å²) < 4.78 is 47.8. The number of alkyl halides is 3. The first kappa shape index (κ1) is 21.3. The molecule has 0 radical (unpaired) electrons. The fraction of sp³-hybridized carbons (Fsp3) is 0.158. The first-order valence-electron chi connectivity index (χ1n) is 7.84. The first-order chi connectivity index (χ1) is 13.2. The number of hydrogen-bond acceptors (Lipinski definition) is 4. The SMILES string of the molecule is COc1ccc(Cl)cc1NC(=O)COC(=O)/C=C/c1cccc(C(F)(F)F)c1. The Balaban J connectivity index is 1.91. The van der Waals surface area contributed by atoms with E-state index in [-0.39, 0.29) is 5.56 Å². The molecule has 0 unspecified atom stereocenters. The molecule has 1 amide bonds. The Kier molecular flexibility index (Phi) is 7.06. The first-order valence-corrected chi connectivity index (χ1v) is 8.22. The molecule has 0 spiro atoms. The summed E-state index contributed by atoms with van der Waals surface area (Å²) in [5.74, 6) is -1.15. The summed E-state index contributed by atoms with van der Waals surface area (Å²) in [5, 5.41) is 2.85. The molecule has 5 nitrogen and oxygen atoms in total. The lowest BCUT2D eigenvalue weighted by atomic mass is 10.1. The number of carbonyl (C=O) groups is 2. The Morgan fingerprint density at radius 2 is 1.93 bits per heavy atom. The number of carbonyl (C=O) groups excluding carboxylic acids is 2. The van der Waals surface area contributed by atoms with E-state index in [4.69, 9.17) is 21.1 Å². The molecule has 28 heavy (non-hydrogen) atoms. The van der Waals surface area contributed by atoms with Crippen molar-refractivity contribution in [1.29, 1.82) is 0 Å². The van der Waals surface area contributed by atoms with Crippen LogP contribution < -0.4 is 10.1 Å². The van der Waals surface area contributed by atoms with Gasteiger partial charge in [0.25, 0.3) is 5.91 Å². The van der Waals surface area contributed by atoms with Crippen LogP contribution in [-0.2, 0) is 20.5 Å². The Morgan fingerprint density at radius 1 is 1.18 bits per heavy atom. The number of anilines is 1. The van der Waals surface area contributed by atoms with Crippen molar-refractivity contribution in [2.75, 3.05) is 19.0 Å². The van der Waals surface area contributed by atoms with Crippen LogP contribution in [-0.4, -0.2) is 25.6 Å². The van der Waals surface area contributed by atoms with E-state index in [0.717, 1.165) is 24.3 Å². The van der Waals surface area contributed by atoms with Crippen molar-refractivity contribution in [3.8, 4) is 5.75 Å². The van der Waals surface area contributed by atoms with Gasteiger partial charge in [-0.2, -0.15) is 13.2 Å². The lowest BCUT2D eigenvalue weighted by Gasteiger charge is -2.10. The van der Waals surface area contributed by atoms with E-state index < -0.39 is 30.2 Å². The second kappa shape index (κ2) is 9.27. The topological polar surface area (TPSA) is 64.6 Å². The molecule has 0 saturated carbocycles. The van der Waals surface area contributed by atoms with Crippen LogP contribution in [0.2, 0.25) is 5.02 Å². The van der Waals surface area contributed by atoms with Crippen molar-refractivity contribution in [3.63, 3.8) is 0 Å². The van der Waals surface area contributed by atoms with Crippen LogP contribution in [0.3, 0.4) is 0 Å². The average molecular weight is 414 g/mol. The van der Waals surface area contributed by atoms with Crippen molar-refractivity contribution >= 4 is 35.2 Å². The minimum absolute atomic E-state index is 0.167. The molecule has 9 heteroatoms. The molecule has 0 aromatic heterocycles. The molecule has 2 aromatic carbocycles. The highest BCUT2D eigenvalue weighted by molar-refractivity contribution is 6.31. The monoisotopic (exact) mass is 413 g/mol. The van der Waals surface area contributed by atoms with Crippen LogP contribution in [0.15, 0.2) is 48.5 Å². The van der Waals surface area contributed by atoms with Crippen LogP contribution in [0.25, 0.3) is 6.08 Å². The summed E-state index contributed by atoms with van der Waals surface area (Å²) in [6, 6.07) is 9.03. The van der Waals surface area contributed by atoms with Crippen molar-refractivity contribution in [2.45, 2.75) is 6.18 Å². The molecule has 0 fully saturated rings. The van der Waals surface area contributed by atoms with Gasteiger partial charge in [0.15, 0.2) is 6.61 Å². The smallest absolute Gasteiger partial charge is 0.416 e. The quantitative estimate of drug-likeness (QED) is 0.557. The predicted molar refractivity (Wildman–Crippen MR) is 98.1 cm³/mol. The summed E-state index contributed by atoms with van der Waals surface area (Å²) in [5.41, 5.74) is -0.367. The fourth-order valence-electron chi connectivity index (χ4n) is 2.13. The standard InChI is InChI=1S/C19H15ClF3NO4/c1-27-16-7-6-14(20)10-15(16)24-17(25)11-28-18(26)8-5-12-3-2-4-13(9-12)19(21,22)23/h2-10H,11H2,1H3,(H,24,25)/b8-5+. The summed E-state index contributed by atoms with van der Waals surface area (Å²) in [6.07, 6.45) is -2.39. The van der Waals surface area contributed by atoms with E-state index in [1.54, 1.807) is 12.1 Å². The van der Waals surface area contributed by atoms with Gasteiger partial charge in [0.2, 0.25) is 0 Å². The highest BCUT2D eigenvalue weighted by Gasteiger charge is 2.30. The number of rotatable bonds is 6. The zero-order valence-corrected chi connectivity index (χ0v) is 15.3. The third-order valence-corrected chi connectivity index (χ3v) is 3.64. The second-order valence-electron chi connectivity index (χ2n) is 5.46. The zero-order valence-electron chi connectivity index (χ0n) is 14.5. The lowest BCUT2D eigenvalue weighted by molar-refractivity contribution is -0.142. The summed E-state index contributed by atoms with van der Waals surface area (Å²) in [6.45, 7) is -0.596. The predicted octanol–water partition coefficient (Wildman–Crippen LogP) is 4.56. The van der Waals surface area contributed by atoms with Crippen molar-refractivity contribution in [1.82, 2.24) is 0 Å². The van der Waals surface area contributed by atoms with E-state index in [0.29, 0.717) is 16.5 Å². The van der Waals surface area contributed by atoms with Crippen LogP contribution in [0.5, 0.6) is 5.75 Å². The molecule has 148 valence electrons. The van der Waals surface area contributed by atoms with Gasteiger partial charge in [-0.1, -0.05) is 23.7 Å². The summed E-state index contributed by atoms with van der Waals surface area (Å²) >= 11 is 5.85. The van der Waals surface area contributed by atoms with E-state index >= 15 is 0 Å². The molecular formula is C19H15ClF3NO4. The Bertz CT molecular complexity index is 897. The second-order valence-corrected chi connectivity index (χ2v) is 5.89. The average Bonchev–Trinajstić information content (AvgIpc) is 2.64. The molecule has 0 aliphatic heterocycles. The van der Waals surface area contributed by atoms with Gasteiger partial charge in [-0.15, -0.1) is 0 Å². The molecule has 0 aliphatic rings. The minimum Gasteiger partial charge on any atom is -0.495 e. The Labute approximate surface area is 163 Å². The molecule has 2 aromatic rings. The number of methoxy groups -OCH3 is 1. The van der Waals surface area contributed by atoms with Gasteiger partial charge in [-0.3, -0.25) is 4.79 Å². The number of nitrogens with one attached hydrogen (secondary N) is 1. The summed E-state index contributed by atoms with van der Waals surface area (Å²) in [4.78, 5) is 23.6. The van der Waals surface area contributed by atoms with Gasteiger partial charge < -0.3 is 14.8 Å². The Hall–Kier alpha value is -3.00. The number of amides is 1. The third kappa shape index (κ3) is 6.31. The molecule has 1 N–H and O–H groups in total. The van der Waals surface area contributed by atoms with E-state index in [2.05, 4.69) is 5.32 Å². The number of ether oxygens (including phenoxy) is 2. The van der Waals surface area contributed by atoms with E-state index in [1.165, 1.54) is 25.3 Å². The highest BCUT2D eigenvalue weighted by Crippen LogP contribution is 2.30. The molecule has 0 heterocycles. The maximum atomic E-state index is 12.7. The van der Waals surface area contributed by atoms with Crippen molar-refractivity contribution < 1.29 is 32.2 Å². The van der Waals surface area contributed by atoms with Gasteiger partial charge in [-0.05, 0) is 42.0 Å². The van der Waals surface area contributed by atoms with Gasteiger partial charge in [0.1, 0.15) is 5.75 Å². The largest absolute Gasteiger partial charge is 0.495 e. The number of esters is 1. The molecule has 2 rings (SSSR count). The molecular weight excluding hydrogens is 399 g/mol. The molecule has 0 atom stereocenters. The van der Waals surface area contributed by atoms with Crippen LogP contribution in [0.1, 0.15) is 11.1 Å². The highest BCUT2D eigenvalue weighted by atomic mass is 35.5. The maximum absolute atomic E-state index is 12.7. The van der Waals surface area contributed by atoms with Crippen molar-refractivity contribution in [2.24, 2.45) is 0 Å². The van der Waals surface area contributed by atoms with E-state index in [9.17, 15) is 22.8 Å². The van der Waals surface area contributed by atoms with E-state index in [1.807, 2.05) is 0 Å². The Morgan fingerprint density at radius 3 is 2.61 bits per heavy atom. The molecule has 0 aliphatic carbocycles. The van der Waals surface area contributed by atoms with Gasteiger partial charge >= 0.3 is 12.1 Å². The zero-order chi connectivity index (χ0) is 20.7. The van der Waals surface area contributed by atoms with Crippen LogP contribution in [0, 0.1) is 0 Å². The van der Waals surface area contributed by atoms with Gasteiger partial charge in [0.05, 0.1) is 18.4 Å². The maximum Gasteiger partial charge on any atom is 0.416 e. The van der Waals surface area contributed by atoms with Crippen LogP contribution in [0.4, 0.5) is 18.9 Å². The number of benzene rings is 2. The summed E-state index contributed by atoms with van der Waals surface area (Å²) in [7, 11) is 1.41. The molecule has 0 bridgehead atoms. The minimum atomic E-state index is -4.48. The number of halogens is 4. The van der Waals surface area contributed by atoms with Gasteiger partial charge in [-0.25, -0.2) is 4.79 Å². The fourth-order valence-corrected chi connectivity index (χ4v) is 2.30. The third-order valence-electron chi connectivity index (χ3n) is 3.41. The van der Waals surface area contributed by atoms with Crippen molar-refractivity contribution in [3.05, 3.63) is 64.7 Å². The van der Waals surface area contributed by atoms with Crippen LogP contribution >= 0.6 is 11.6 Å². The lowest BCUT2D eigenvalue weighted by Crippen LogP contribution is -2.20.